The van der Waals surface area contributed by atoms with E-state index in [1.165, 1.54) is 0 Å². The lowest BCUT2D eigenvalue weighted by Gasteiger charge is -2.24. The van der Waals surface area contributed by atoms with Crippen LogP contribution >= 0.6 is 0 Å². The molecule has 0 N–H and O–H groups in total. The standard InChI is InChI=1S/C22H20N2O4/c1-13-23-17-10-19-16(9-20(17)28-13)22(12-27-19)15-6-2-3-7-18(15)24(21(22)25)11-14-5-4-8-26-14/h2-3,6-7,9-10,14H,4-5,8,11-12H2,1H3/t14-,22?/m1/s1. The van der Waals surface area contributed by atoms with E-state index < -0.39 is 5.41 Å². The van der Waals surface area contributed by atoms with E-state index in [0.29, 0.717) is 30.4 Å². The van der Waals surface area contributed by atoms with Crippen molar-refractivity contribution in [1.82, 2.24) is 4.98 Å². The van der Waals surface area contributed by atoms with Crippen LogP contribution in [-0.4, -0.2) is 36.8 Å². The lowest BCUT2D eigenvalue weighted by Crippen LogP contribution is -2.44. The highest BCUT2D eigenvalue weighted by Crippen LogP contribution is 2.53. The second-order valence-electron chi connectivity index (χ2n) is 7.81. The zero-order valence-electron chi connectivity index (χ0n) is 15.6. The number of hydrogen-bond donors (Lipinski definition) is 0. The first-order valence-corrected chi connectivity index (χ1v) is 9.74. The topological polar surface area (TPSA) is 64.8 Å². The van der Waals surface area contributed by atoms with Crippen molar-refractivity contribution in [3.8, 4) is 5.75 Å². The van der Waals surface area contributed by atoms with Gasteiger partial charge in [-0.1, -0.05) is 18.2 Å². The van der Waals surface area contributed by atoms with E-state index in [-0.39, 0.29) is 12.0 Å². The summed E-state index contributed by atoms with van der Waals surface area (Å²) in [6.45, 7) is 3.47. The third kappa shape index (κ3) is 2.01. The molecule has 28 heavy (non-hydrogen) atoms. The summed E-state index contributed by atoms with van der Waals surface area (Å²) in [5, 5.41) is 0. The summed E-state index contributed by atoms with van der Waals surface area (Å²) in [7, 11) is 0. The van der Waals surface area contributed by atoms with Gasteiger partial charge in [0, 0.05) is 30.8 Å². The maximum atomic E-state index is 13.8. The van der Waals surface area contributed by atoms with Crippen LogP contribution in [0.3, 0.4) is 0 Å². The molecule has 1 unspecified atom stereocenters. The van der Waals surface area contributed by atoms with Gasteiger partial charge in [-0.15, -0.1) is 0 Å². The molecule has 1 saturated heterocycles. The van der Waals surface area contributed by atoms with E-state index in [1.54, 1.807) is 0 Å². The van der Waals surface area contributed by atoms with Crippen LogP contribution in [-0.2, 0) is 14.9 Å². The molecule has 0 saturated carbocycles. The number of benzene rings is 2. The van der Waals surface area contributed by atoms with Gasteiger partial charge in [0.25, 0.3) is 0 Å². The Morgan fingerprint density at radius 2 is 2.14 bits per heavy atom. The second-order valence-corrected chi connectivity index (χ2v) is 7.81. The molecular formula is C22H20N2O4. The molecule has 3 aromatic rings. The van der Waals surface area contributed by atoms with E-state index in [9.17, 15) is 4.79 Å². The number of rotatable bonds is 2. The molecule has 142 valence electrons. The molecule has 6 nitrogen and oxygen atoms in total. The third-order valence-electron chi connectivity index (χ3n) is 6.18. The Morgan fingerprint density at radius 1 is 1.25 bits per heavy atom. The van der Waals surface area contributed by atoms with Crippen LogP contribution in [0.5, 0.6) is 5.75 Å². The number of ether oxygens (including phenoxy) is 2. The van der Waals surface area contributed by atoms with Crippen molar-refractivity contribution in [2.45, 2.75) is 31.3 Å². The molecule has 1 fully saturated rings. The molecule has 1 amide bonds. The molecule has 0 radical (unpaired) electrons. The Balaban J connectivity index is 1.52. The molecule has 3 aliphatic heterocycles. The highest BCUT2D eigenvalue weighted by Gasteiger charge is 2.57. The van der Waals surface area contributed by atoms with Crippen molar-refractivity contribution in [2.24, 2.45) is 0 Å². The molecule has 2 atom stereocenters. The van der Waals surface area contributed by atoms with Crippen LogP contribution in [0.25, 0.3) is 11.1 Å². The van der Waals surface area contributed by atoms with E-state index in [4.69, 9.17) is 13.9 Å². The van der Waals surface area contributed by atoms with Crippen molar-refractivity contribution in [1.29, 1.82) is 0 Å². The smallest absolute Gasteiger partial charge is 0.245 e. The van der Waals surface area contributed by atoms with E-state index in [2.05, 4.69) is 4.98 Å². The molecule has 4 heterocycles. The van der Waals surface area contributed by atoms with E-state index in [1.807, 2.05) is 48.2 Å². The summed E-state index contributed by atoms with van der Waals surface area (Å²) in [6, 6.07) is 11.8. The van der Waals surface area contributed by atoms with Crippen molar-refractivity contribution < 1.29 is 18.7 Å². The van der Waals surface area contributed by atoms with Crippen LogP contribution in [0, 0.1) is 6.92 Å². The third-order valence-corrected chi connectivity index (χ3v) is 6.18. The van der Waals surface area contributed by atoms with Gasteiger partial charge in [0.15, 0.2) is 11.5 Å². The van der Waals surface area contributed by atoms with Crippen molar-refractivity contribution in [3.63, 3.8) is 0 Å². The van der Waals surface area contributed by atoms with Gasteiger partial charge in [-0.2, -0.15) is 0 Å². The molecule has 6 heteroatoms. The monoisotopic (exact) mass is 376 g/mol. The number of amides is 1. The van der Waals surface area contributed by atoms with Crippen LogP contribution in [0.1, 0.15) is 29.9 Å². The average Bonchev–Trinajstić information content (AvgIpc) is 3.45. The van der Waals surface area contributed by atoms with Gasteiger partial charge in [0.05, 0.1) is 12.6 Å². The number of aromatic nitrogens is 1. The average molecular weight is 376 g/mol. The minimum absolute atomic E-state index is 0.0542. The Hall–Kier alpha value is -2.86. The Labute approximate surface area is 162 Å². The van der Waals surface area contributed by atoms with Crippen LogP contribution < -0.4 is 9.64 Å². The fourth-order valence-corrected chi connectivity index (χ4v) is 4.88. The Morgan fingerprint density at radius 3 is 3.00 bits per heavy atom. The molecule has 0 aliphatic carbocycles. The fraction of sp³-hybridized carbons (Fsp3) is 0.364. The highest BCUT2D eigenvalue weighted by atomic mass is 16.5. The van der Waals surface area contributed by atoms with Gasteiger partial charge in [0.2, 0.25) is 5.91 Å². The number of fused-ring (bicyclic) bond motifs is 5. The Kier molecular flexibility index (Phi) is 3.21. The summed E-state index contributed by atoms with van der Waals surface area (Å²) in [5.74, 6) is 1.37. The summed E-state index contributed by atoms with van der Waals surface area (Å²) in [5.41, 5.74) is 3.41. The number of carbonyl (C=O) groups excluding carboxylic acids is 1. The Bertz CT molecular complexity index is 1110. The van der Waals surface area contributed by atoms with Crippen molar-refractivity contribution >= 4 is 22.7 Å². The van der Waals surface area contributed by atoms with Gasteiger partial charge in [-0.05, 0) is 30.5 Å². The van der Waals surface area contributed by atoms with Gasteiger partial charge in [-0.25, -0.2) is 4.98 Å². The van der Waals surface area contributed by atoms with Crippen LogP contribution in [0.2, 0.25) is 0 Å². The molecule has 6 rings (SSSR count). The summed E-state index contributed by atoms with van der Waals surface area (Å²) in [4.78, 5) is 20.1. The number of carbonyl (C=O) groups is 1. The number of oxazole rings is 1. The van der Waals surface area contributed by atoms with Crippen LogP contribution in [0.15, 0.2) is 40.8 Å². The minimum atomic E-state index is -0.834. The zero-order chi connectivity index (χ0) is 18.9. The predicted molar refractivity (Wildman–Crippen MR) is 103 cm³/mol. The maximum Gasteiger partial charge on any atom is 0.245 e. The minimum Gasteiger partial charge on any atom is -0.491 e. The predicted octanol–water partition coefficient (Wildman–Crippen LogP) is 3.34. The molecule has 0 bridgehead atoms. The van der Waals surface area contributed by atoms with E-state index in [0.717, 1.165) is 41.8 Å². The van der Waals surface area contributed by atoms with Crippen molar-refractivity contribution in [3.05, 3.63) is 53.4 Å². The molecule has 3 aliphatic rings. The molecule has 1 aromatic heterocycles. The van der Waals surface area contributed by atoms with E-state index >= 15 is 0 Å². The number of para-hydroxylation sites is 1. The summed E-state index contributed by atoms with van der Waals surface area (Å²) < 4.78 is 17.6. The van der Waals surface area contributed by atoms with Gasteiger partial charge < -0.3 is 18.8 Å². The lowest BCUT2D eigenvalue weighted by molar-refractivity contribution is -0.122. The summed E-state index contributed by atoms with van der Waals surface area (Å²) in [6.07, 6.45) is 2.13. The molecule has 2 aromatic carbocycles. The van der Waals surface area contributed by atoms with Gasteiger partial charge >= 0.3 is 0 Å². The molecule has 1 spiro atoms. The largest absolute Gasteiger partial charge is 0.491 e. The van der Waals surface area contributed by atoms with Gasteiger partial charge in [-0.3, -0.25) is 4.79 Å². The lowest BCUT2D eigenvalue weighted by atomic mass is 9.77. The normalized spacial score (nSPS) is 25.5. The van der Waals surface area contributed by atoms with Crippen LogP contribution in [0.4, 0.5) is 5.69 Å². The second kappa shape index (κ2) is 5.58. The highest BCUT2D eigenvalue weighted by molar-refractivity contribution is 6.12. The maximum absolute atomic E-state index is 13.8. The number of nitrogens with zero attached hydrogens (tertiary/aromatic N) is 2. The number of aryl methyl sites for hydroxylation is 1. The molecular weight excluding hydrogens is 356 g/mol. The van der Waals surface area contributed by atoms with Gasteiger partial charge in [0.1, 0.15) is 23.3 Å². The summed E-state index contributed by atoms with van der Waals surface area (Å²) >= 11 is 0. The fourth-order valence-electron chi connectivity index (χ4n) is 4.88. The quantitative estimate of drug-likeness (QED) is 0.686. The SMILES string of the molecule is Cc1nc2cc3c(cc2o1)C1(CO3)C(=O)N(C[C@H]2CCCO2)c2ccccc21. The number of hydrogen-bond acceptors (Lipinski definition) is 5. The first-order chi connectivity index (χ1) is 13.7. The van der Waals surface area contributed by atoms with Crippen molar-refractivity contribution in [2.75, 3.05) is 24.7 Å². The zero-order valence-corrected chi connectivity index (χ0v) is 15.6. The first kappa shape index (κ1) is 16.1. The first-order valence-electron chi connectivity index (χ1n) is 9.74. The number of anilines is 1.